The van der Waals surface area contributed by atoms with Crippen LogP contribution < -0.4 is 4.72 Å². The van der Waals surface area contributed by atoms with E-state index in [4.69, 9.17) is 16.9 Å². The van der Waals surface area contributed by atoms with Crippen LogP contribution in [-0.4, -0.2) is 38.1 Å². The molecule has 1 aliphatic heterocycles. The number of anilines is 1. The van der Waals surface area contributed by atoms with Crippen LogP contribution in [0.4, 0.5) is 5.69 Å². The Morgan fingerprint density at radius 1 is 1.12 bits per heavy atom. The monoisotopic (exact) mass is 493 g/mol. The van der Waals surface area contributed by atoms with Gasteiger partial charge in [0, 0.05) is 18.5 Å². The van der Waals surface area contributed by atoms with Crippen molar-refractivity contribution < 1.29 is 13.5 Å². The molecule has 0 saturated carbocycles. The first-order valence-electron chi connectivity index (χ1n) is 11.1. The average Bonchev–Trinajstić information content (AvgIpc) is 2.96. The predicted molar refractivity (Wildman–Crippen MR) is 132 cm³/mol. The topological polar surface area (TPSA) is 93.4 Å². The summed E-state index contributed by atoms with van der Waals surface area (Å²) in [6.07, 6.45) is 2.42. The summed E-state index contributed by atoms with van der Waals surface area (Å²) in [6.45, 7) is 0.881. The van der Waals surface area contributed by atoms with Crippen LogP contribution in [0, 0.1) is 11.3 Å². The molecular formula is C26H24ClN3O3S. The van der Waals surface area contributed by atoms with Crippen molar-refractivity contribution in [1.82, 2.24) is 4.90 Å². The van der Waals surface area contributed by atoms with Gasteiger partial charge in [0.25, 0.3) is 10.0 Å². The molecule has 0 amide bonds. The number of fused-ring (bicyclic) bond motifs is 5. The molecule has 3 aromatic rings. The normalized spacial score (nSPS) is 19.8. The number of hydrogen-bond acceptors (Lipinski definition) is 5. The second-order valence-electron chi connectivity index (χ2n) is 8.94. The third-order valence-electron chi connectivity index (χ3n) is 6.98. The number of nitrogens with one attached hydrogen (secondary N) is 1. The minimum Gasteiger partial charge on any atom is -0.506 e. The van der Waals surface area contributed by atoms with Crippen molar-refractivity contribution in [3.05, 3.63) is 87.4 Å². The third-order valence-corrected chi connectivity index (χ3v) is 8.65. The number of nitriles is 1. The molecule has 2 N–H and O–H groups in total. The smallest absolute Gasteiger partial charge is 0.261 e. The first-order chi connectivity index (χ1) is 16.3. The highest BCUT2D eigenvalue weighted by Crippen LogP contribution is 2.46. The first kappa shape index (κ1) is 22.7. The van der Waals surface area contributed by atoms with Crippen LogP contribution in [0.1, 0.15) is 40.2 Å². The van der Waals surface area contributed by atoms with E-state index in [1.54, 1.807) is 24.3 Å². The lowest BCUT2D eigenvalue weighted by Crippen LogP contribution is -2.39. The van der Waals surface area contributed by atoms with Crippen molar-refractivity contribution in [3.63, 3.8) is 0 Å². The summed E-state index contributed by atoms with van der Waals surface area (Å²) in [5.41, 5.74) is 4.99. The molecule has 2 aliphatic rings. The molecule has 0 saturated heterocycles. The summed E-state index contributed by atoms with van der Waals surface area (Å²) < 4.78 is 29.1. The molecule has 1 aliphatic carbocycles. The van der Waals surface area contributed by atoms with Gasteiger partial charge in [-0.15, -0.1) is 0 Å². The molecule has 174 valence electrons. The fourth-order valence-corrected chi connectivity index (χ4v) is 6.64. The summed E-state index contributed by atoms with van der Waals surface area (Å²) in [5.74, 6) is 0.0471. The van der Waals surface area contributed by atoms with Gasteiger partial charge in [0.1, 0.15) is 5.75 Å². The Bertz CT molecular complexity index is 1430. The Hall–Kier alpha value is -3.05. The second-order valence-corrected chi connectivity index (χ2v) is 11.0. The van der Waals surface area contributed by atoms with Gasteiger partial charge in [-0.25, -0.2) is 8.42 Å². The molecule has 34 heavy (non-hydrogen) atoms. The average molecular weight is 494 g/mol. The van der Waals surface area contributed by atoms with Crippen LogP contribution in [0.25, 0.3) is 0 Å². The molecule has 0 unspecified atom stereocenters. The number of nitrogens with zero attached hydrogens (tertiary/aromatic N) is 2. The maximum atomic E-state index is 13.1. The van der Waals surface area contributed by atoms with Gasteiger partial charge in [-0.05, 0) is 85.0 Å². The lowest BCUT2D eigenvalue weighted by Gasteiger charge is -2.39. The molecule has 3 aromatic carbocycles. The molecule has 8 heteroatoms. The fourth-order valence-electron chi connectivity index (χ4n) is 5.31. The number of phenolic OH excluding ortho intramolecular Hbond substituents is 1. The number of likely N-dealkylation sites (N-methyl/N-ethyl adjacent to an activating group) is 1. The van der Waals surface area contributed by atoms with E-state index in [9.17, 15) is 13.5 Å². The Morgan fingerprint density at radius 2 is 1.91 bits per heavy atom. The highest BCUT2D eigenvalue weighted by Gasteiger charge is 2.38. The SMILES string of the molecule is CN1CCc2cc(Cl)c(O)cc2[C@H]2c3cccc(NS(=O)(=O)c4cccc(C#N)c4)c3CC[C@@H]21. The zero-order chi connectivity index (χ0) is 24.0. The molecule has 6 nitrogen and oxygen atoms in total. The van der Waals surface area contributed by atoms with Gasteiger partial charge in [0.15, 0.2) is 0 Å². The summed E-state index contributed by atoms with van der Waals surface area (Å²) in [7, 11) is -1.75. The molecule has 2 atom stereocenters. The van der Waals surface area contributed by atoms with Gasteiger partial charge in [-0.3, -0.25) is 4.72 Å². The van der Waals surface area contributed by atoms with E-state index in [0.717, 1.165) is 48.1 Å². The van der Waals surface area contributed by atoms with Gasteiger partial charge < -0.3 is 10.0 Å². The van der Waals surface area contributed by atoms with Crippen molar-refractivity contribution in [2.24, 2.45) is 0 Å². The Balaban J connectivity index is 1.60. The highest BCUT2D eigenvalue weighted by molar-refractivity contribution is 7.92. The lowest BCUT2D eigenvalue weighted by atomic mass is 9.74. The number of sulfonamides is 1. The Morgan fingerprint density at radius 3 is 2.71 bits per heavy atom. The van der Waals surface area contributed by atoms with Gasteiger partial charge >= 0.3 is 0 Å². The fraction of sp³-hybridized carbons (Fsp3) is 0.269. The van der Waals surface area contributed by atoms with E-state index in [1.807, 2.05) is 18.2 Å². The van der Waals surface area contributed by atoms with Crippen LogP contribution in [0.5, 0.6) is 5.75 Å². The van der Waals surface area contributed by atoms with E-state index in [0.29, 0.717) is 10.7 Å². The van der Waals surface area contributed by atoms with Crippen LogP contribution in [0.3, 0.4) is 0 Å². The zero-order valence-corrected chi connectivity index (χ0v) is 20.2. The minimum absolute atomic E-state index is 0.0132. The van der Waals surface area contributed by atoms with E-state index < -0.39 is 10.0 Å². The summed E-state index contributed by atoms with van der Waals surface area (Å²) in [5, 5.41) is 19.9. The van der Waals surface area contributed by atoms with E-state index in [-0.39, 0.29) is 28.2 Å². The number of halogens is 1. The molecular weight excluding hydrogens is 470 g/mol. The first-order valence-corrected chi connectivity index (χ1v) is 13.0. The molecule has 1 heterocycles. The number of hydrogen-bond donors (Lipinski definition) is 2. The number of benzene rings is 3. The predicted octanol–water partition coefficient (Wildman–Crippen LogP) is 4.65. The summed E-state index contributed by atoms with van der Waals surface area (Å²) in [6, 6.07) is 17.5. The standard InChI is InChI=1S/C26H24ClN3O3S/c1-30-11-10-17-13-22(27)25(31)14-21(17)26-20-6-3-7-23(19(20)8-9-24(26)30)29-34(32,33)18-5-2-4-16(12-18)15-28/h2-7,12-14,24,26,29,31H,8-11H2,1H3/t24-,26+/m0/s1. The maximum absolute atomic E-state index is 13.1. The van der Waals surface area contributed by atoms with Crippen molar-refractivity contribution in [1.29, 1.82) is 5.26 Å². The van der Waals surface area contributed by atoms with Crippen LogP contribution >= 0.6 is 11.6 Å². The van der Waals surface area contributed by atoms with Gasteiger partial charge in [-0.2, -0.15) is 5.26 Å². The summed E-state index contributed by atoms with van der Waals surface area (Å²) in [4.78, 5) is 2.40. The molecule has 0 fully saturated rings. The van der Waals surface area contributed by atoms with Gasteiger partial charge in [-0.1, -0.05) is 29.8 Å². The second kappa shape index (κ2) is 8.62. The minimum atomic E-state index is -3.87. The highest BCUT2D eigenvalue weighted by atomic mass is 35.5. The quantitative estimate of drug-likeness (QED) is 0.553. The number of phenols is 1. The molecule has 0 spiro atoms. The lowest BCUT2D eigenvalue weighted by molar-refractivity contribution is 0.214. The van der Waals surface area contributed by atoms with Crippen molar-refractivity contribution in [2.45, 2.75) is 36.1 Å². The Kier molecular flexibility index (Phi) is 5.76. The molecule has 0 aromatic heterocycles. The molecule has 5 rings (SSSR count). The van der Waals surface area contributed by atoms with Gasteiger partial charge in [0.05, 0.1) is 27.2 Å². The Labute approximate surface area is 204 Å². The van der Waals surface area contributed by atoms with Gasteiger partial charge in [0.2, 0.25) is 0 Å². The summed E-state index contributed by atoms with van der Waals surface area (Å²) >= 11 is 6.23. The number of rotatable bonds is 3. The maximum Gasteiger partial charge on any atom is 0.261 e. The van der Waals surface area contributed by atoms with E-state index in [2.05, 4.69) is 22.7 Å². The largest absolute Gasteiger partial charge is 0.506 e. The molecule has 0 radical (unpaired) electrons. The molecule has 0 bridgehead atoms. The van der Waals surface area contributed by atoms with E-state index in [1.165, 1.54) is 12.1 Å². The van der Waals surface area contributed by atoms with Crippen LogP contribution in [-0.2, 0) is 22.9 Å². The van der Waals surface area contributed by atoms with Crippen molar-refractivity contribution >= 4 is 27.3 Å². The third kappa shape index (κ3) is 3.92. The van der Waals surface area contributed by atoms with Crippen LogP contribution in [0.15, 0.2) is 59.5 Å². The van der Waals surface area contributed by atoms with Crippen LogP contribution in [0.2, 0.25) is 5.02 Å². The van der Waals surface area contributed by atoms with Crippen molar-refractivity contribution in [2.75, 3.05) is 18.3 Å². The number of aromatic hydroxyl groups is 1. The zero-order valence-electron chi connectivity index (χ0n) is 18.6. The van der Waals surface area contributed by atoms with Crippen molar-refractivity contribution in [3.8, 4) is 11.8 Å². The van der Waals surface area contributed by atoms with E-state index >= 15 is 0 Å².